The molecular weight excluding hydrogens is 444 g/mol. The molecule has 4 aromatic rings. The smallest absolute Gasteiger partial charge is 0.343 e. The van der Waals surface area contributed by atoms with Gasteiger partial charge in [0.2, 0.25) is 0 Å². The standard InChI is InChI=1S/C29H22O6/c1-19-3-7-21(8-4-19)27(30)33-24-13-11-23(12-14-24)29(32)35-26-17-15-25(16-18-26)34-28(31)22-9-5-20(2)6-10-22/h3-18H,1-2H3. The third kappa shape index (κ3) is 6.21. The number of esters is 3. The molecule has 6 nitrogen and oxygen atoms in total. The van der Waals surface area contributed by atoms with Crippen LogP contribution in [0, 0.1) is 13.8 Å². The van der Waals surface area contributed by atoms with E-state index in [1.54, 1.807) is 36.4 Å². The van der Waals surface area contributed by atoms with E-state index in [-0.39, 0.29) is 5.56 Å². The fourth-order valence-corrected chi connectivity index (χ4v) is 3.11. The predicted molar refractivity (Wildman–Crippen MR) is 130 cm³/mol. The first kappa shape index (κ1) is 23.4. The monoisotopic (exact) mass is 466 g/mol. The third-order valence-corrected chi connectivity index (χ3v) is 5.12. The molecule has 0 N–H and O–H groups in total. The summed E-state index contributed by atoms with van der Waals surface area (Å²) in [5.41, 5.74) is 3.26. The zero-order chi connectivity index (χ0) is 24.8. The molecule has 4 rings (SSSR count). The molecular formula is C29H22O6. The van der Waals surface area contributed by atoms with Crippen molar-refractivity contribution in [3.63, 3.8) is 0 Å². The molecule has 0 spiro atoms. The van der Waals surface area contributed by atoms with E-state index in [1.807, 2.05) is 38.1 Å². The Kier molecular flexibility index (Phi) is 7.02. The fraction of sp³-hybridized carbons (Fsp3) is 0.0690. The van der Waals surface area contributed by atoms with Crippen molar-refractivity contribution in [1.82, 2.24) is 0 Å². The van der Waals surface area contributed by atoms with Crippen LogP contribution in [0.3, 0.4) is 0 Å². The largest absolute Gasteiger partial charge is 0.423 e. The highest BCUT2D eigenvalue weighted by Crippen LogP contribution is 2.21. The quantitative estimate of drug-likeness (QED) is 0.258. The van der Waals surface area contributed by atoms with Gasteiger partial charge in [0.15, 0.2) is 0 Å². The van der Waals surface area contributed by atoms with Gasteiger partial charge in [-0.2, -0.15) is 0 Å². The van der Waals surface area contributed by atoms with Crippen LogP contribution in [0.2, 0.25) is 0 Å². The maximum absolute atomic E-state index is 12.5. The highest BCUT2D eigenvalue weighted by atomic mass is 16.5. The van der Waals surface area contributed by atoms with Crippen LogP contribution in [0.15, 0.2) is 97.1 Å². The number of ether oxygens (including phenoxy) is 3. The van der Waals surface area contributed by atoms with Gasteiger partial charge in [0.25, 0.3) is 0 Å². The molecule has 0 aliphatic rings. The van der Waals surface area contributed by atoms with Gasteiger partial charge in [-0.3, -0.25) is 0 Å². The average Bonchev–Trinajstić information content (AvgIpc) is 2.86. The Hall–Kier alpha value is -4.71. The first-order valence-electron chi connectivity index (χ1n) is 10.9. The van der Waals surface area contributed by atoms with Gasteiger partial charge in [0.1, 0.15) is 17.2 Å². The number of carbonyl (C=O) groups is 3. The number of hydrogen-bond donors (Lipinski definition) is 0. The molecule has 0 heterocycles. The highest BCUT2D eigenvalue weighted by molar-refractivity contribution is 5.93. The van der Waals surface area contributed by atoms with E-state index in [4.69, 9.17) is 14.2 Å². The second kappa shape index (κ2) is 10.5. The molecule has 174 valence electrons. The maximum Gasteiger partial charge on any atom is 0.343 e. The molecule has 0 radical (unpaired) electrons. The van der Waals surface area contributed by atoms with Gasteiger partial charge in [-0.25, -0.2) is 14.4 Å². The molecule has 35 heavy (non-hydrogen) atoms. The fourth-order valence-electron chi connectivity index (χ4n) is 3.11. The van der Waals surface area contributed by atoms with Crippen molar-refractivity contribution in [3.8, 4) is 17.2 Å². The van der Waals surface area contributed by atoms with Crippen molar-refractivity contribution in [3.05, 3.63) is 125 Å². The Morgan fingerprint density at radius 1 is 0.400 bits per heavy atom. The Labute approximate surface area is 202 Å². The van der Waals surface area contributed by atoms with Crippen LogP contribution in [0.5, 0.6) is 17.2 Å². The summed E-state index contributed by atoms with van der Waals surface area (Å²) < 4.78 is 16.1. The van der Waals surface area contributed by atoms with Crippen molar-refractivity contribution >= 4 is 17.9 Å². The first-order chi connectivity index (χ1) is 16.9. The van der Waals surface area contributed by atoms with Gasteiger partial charge in [-0.05, 0) is 86.6 Å². The Morgan fingerprint density at radius 3 is 0.914 bits per heavy atom. The van der Waals surface area contributed by atoms with E-state index in [2.05, 4.69) is 0 Å². The third-order valence-electron chi connectivity index (χ3n) is 5.12. The van der Waals surface area contributed by atoms with Gasteiger partial charge in [0.05, 0.1) is 16.7 Å². The van der Waals surface area contributed by atoms with Crippen molar-refractivity contribution in [1.29, 1.82) is 0 Å². The summed E-state index contributed by atoms with van der Waals surface area (Å²) in [6, 6.07) is 26.3. The molecule has 0 amide bonds. The highest BCUT2D eigenvalue weighted by Gasteiger charge is 2.13. The summed E-state index contributed by atoms with van der Waals surface area (Å²) in [4.78, 5) is 36.9. The van der Waals surface area contributed by atoms with Gasteiger partial charge in [0, 0.05) is 0 Å². The summed E-state index contributed by atoms with van der Waals surface area (Å²) in [6.07, 6.45) is 0. The Bertz CT molecular complexity index is 1340. The normalized spacial score (nSPS) is 10.3. The second-order valence-corrected chi connectivity index (χ2v) is 7.90. The first-order valence-corrected chi connectivity index (χ1v) is 10.9. The van der Waals surface area contributed by atoms with Crippen LogP contribution >= 0.6 is 0 Å². The van der Waals surface area contributed by atoms with Crippen molar-refractivity contribution in [2.75, 3.05) is 0 Å². The van der Waals surface area contributed by atoms with Crippen LogP contribution in [-0.4, -0.2) is 17.9 Å². The minimum absolute atomic E-state index is 0.287. The van der Waals surface area contributed by atoms with E-state index >= 15 is 0 Å². The molecule has 0 aromatic heterocycles. The minimum Gasteiger partial charge on any atom is -0.423 e. The number of aryl methyl sites for hydroxylation is 2. The van der Waals surface area contributed by atoms with E-state index in [0.29, 0.717) is 28.4 Å². The molecule has 6 heteroatoms. The van der Waals surface area contributed by atoms with Crippen LogP contribution in [0.1, 0.15) is 42.2 Å². The summed E-state index contributed by atoms with van der Waals surface area (Å²) >= 11 is 0. The van der Waals surface area contributed by atoms with Crippen LogP contribution in [-0.2, 0) is 0 Å². The lowest BCUT2D eigenvalue weighted by atomic mass is 10.1. The van der Waals surface area contributed by atoms with Crippen LogP contribution < -0.4 is 14.2 Å². The molecule has 0 fully saturated rings. The predicted octanol–water partition coefficient (Wildman–Crippen LogP) is 5.96. The second-order valence-electron chi connectivity index (χ2n) is 7.90. The van der Waals surface area contributed by atoms with E-state index in [0.717, 1.165) is 11.1 Å². The molecule has 4 aromatic carbocycles. The SMILES string of the molecule is Cc1ccc(C(=O)Oc2ccc(OC(=O)c3ccc(OC(=O)c4ccc(C)cc4)cc3)cc2)cc1. The minimum atomic E-state index is -0.578. The Morgan fingerprint density at radius 2 is 0.629 bits per heavy atom. The average molecular weight is 466 g/mol. The molecule has 0 saturated carbocycles. The molecule has 0 atom stereocenters. The van der Waals surface area contributed by atoms with E-state index in [9.17, 15) is 14.4 Å². The maximum atomic E-state index is 12.5. The van der Waals surface area contributed by atoms with Crippen LogP contribution in [0.4, 0.5) is 0 Å². The lowest BCUT2D eigenvalue weighted by molar-refractivity contribution is 0.0718. The number of rotatable bonds is 6. The van der Waals surface area contributed by atoms with E-state index in [1.165, 1.54) is 36.4 Å². The number of benzene rings is 4. The number of carbonyl (C=O) groups excluding carboxylic acids is 3. The lowest BCUT2D eigenvalue weighted by Gasteiger charge is -2.08. The van der Waals surface area contributed by atoms with Gasteiger partial charge < -0.3 is 14.2 Å². The Balaban J connectivity index is 1.32. The van der Waals surface area contributed by atoms with Crippen LogP contribution in [0.25, 0.3) is 0 Å². The molecule has 0 aliphatic heterocycles. The van der Waals surface area contributed by atoms with Crippen molar-refractivity contribution in [2.24, 2.45) is 0 Å². The summed E-state index contributed by atoms with van der Waals surface area (Å²) in [5.74, 6) is -0.603. The zero-order valence-corrected chi connectivity index (χ0v) is 19.2. The molecule has 0 saturated heterocycles. The van der Waals surface area contributed by atoms with Gasteiger partial charge in [-0.15, -0.1) is 0 Å². The zero-order valence-electron chi connectivity index (χ0n) is 19.2. The summed E-state index contributed by atoms with van der Waals surface area (Å²) in [5, 5.41) is 0. The van der Waals surface area contributed by atoms with Crippen molar-refractivity contribution < 1.29 is 28.6 Å². The molecule has 0 bridgehead atoms. The van der Waals surface area contributed by atoms with Gasteiger partial charge in [-0.1, -0.05) is 35.4 Å². The van der Waals surface area contributed by atoms with Crippen molar-refractivity contribution in [2.45, 2.75) is 13.8 Å². The lowest BCUT2D eigenvalue weighted by Crippen LogP contribution is -2.10. The molecule has 0 unspecified atom stereocenters. The summed E-state index contributed by atoms with van der Waals surface area (Å²) in [6.45, 7) is 3.87. The summed E-state index contributed by atoms with van der Waals surface area (Å²) in [7, 11) is 0. The topological polar surface area (TPSA) is 78.9 Å². The van der Waals surface area contributed by atoms with Gasteiger partial charge >= 0.3 is 17.9 Å². The van der Waals surface area contributed by atoms with E-state index < -0.39 is 17.9 Å². The number of hydrogen-bond acceptors (Lipinski definition) is 6. The molecule has 0 aliphatic carbocycles.